The lowest BCUT2D eigenvalue weighted by Crippen LogP contribution is -2.31. The van der Waals surface area contributed by atoms with Crippen molar-refractivity contribution in [1.29, 1.82) is 0 Å². The van der Waals surface area contributed by atoms with Crippen molar-refractivity contribution in [3.63, 3.8) is 0 Å². The molecule has 2 nitrogen and oxygen atoms in total. The molecule has 0 spiro atoms. The van der Waals surface area contributed by atoms with Crippen LogP contribution in [0.15, 0.2) is 0 Å². The highest BCUT2D eigenvalue weighted by Crippen LogP contribution is 2.25. The molecule has 0 aromatic carbocycles. The summed E-state index contributed by atoms with van der Waals surface area (Å²) in [6.45, 7) is 5.14. The molecule has 1 aliphatic carbocycles. The summed E-state index contributed by atoms with van der Waals surface area (Å²) in [4.78, 5) is 0. The van der Waals surface area contributed by atoms with Crippen molar-refractivity contribution in [2.45, 2.75) is 70.9 Å². The van der Waals surface area contributed by atoms with E-state index in [-0.39, 0.29) is 6.10 Å². The van der Waals surface area contributed by atoms with E-state index in [2.05, 4.69) is 12.2 Å². The number of hydrogen-bond donors (Lipinski definition) is 2. The SMILES string of the molecule is CC(O)CC(C)NCCC1CCCCC1. The number of rotatable bonds is 6. The predicted octanol–water partition coefficient (Wildman–Crippen LogP) is 2.71. The first-order chi connectivity index (χ1) is 7.18. The largest absolute Gasteiger partial charge is 0.393 e. The quantitative estimate of drug-likeness (QED) is 0.711. The third-order valence-electron chi connectivity index (χ3n) is 3.46. The summed E-state index contributed by atoms with van der Waals surface area (Å²) in [7, 11) is 0. The second kappa shape index (κ2) is 7.24. The molecule has 90 valence electrons. The molecule has 0 aliphatic heterocycles. The number of nitrogens with one attached hydrogen (secondary N) is 1. The van der Waals surface area contributed by atoms with Crippen molar-refractivity contribution in [3.05, 3.63) is 0 Å². The Bertz CT molecular complexity index is 153. The van der Waals surface area contributed by atoms with Crippen LogP contribution in [0.5, 0.6) is 0 Å². The Kier molecular flexibility index (Phi) is 6.26. The summed E-state index contributed by atoms with van der Waals surface area (Å²) in [6.07, 6.45) is 9.21. The van der Waals surface area contributed by atoms with Gasteiger partial charge in [-0.2, -0.15) is 0 Å². The van der Waals surface area contributed by atoms with Gasteiger partial charge >= 0.3 is 0 Å². The Morgan fingerprint density at radius 1 is 1.20 bits per heavy atom. The Morgan fingerprint density at radius 2 is 1.87 bits per heavy atom. The molecule has 2 N–H and O–H groups in total. The molecular formula is C13H27NO. The summed E-state index contributed by atoms with van der Waals surface area (Å²) in [5, 5.41) is 12.7. The maximum Gasteiger partial charge on any atom is 0.0526 e. The number of aliphatic hydroxyl groups excluding tert-OH is 1. The first-order valence-electron chi connectivity index (χ1n) is 6.60. The number of aliphatic hydroxyl groups is 1. The zero-order valence-corrected chi connectivity index (χ0v) is 10.3. The van der Waals surface area contributed by atoms with Gasteiger partial charge in [-0.3, -0.25) is 0 Å². The van der Waals surface area contributed by atoms with Crippen LogP contribution in [0.25, 0.3) is 0 Å². The summed E-state index contributed by atoms with van der Waals surface area (Å²) >= 11 is 0. The van der Waals surface area contributed by atoms with Crippen LogP contribution in [0, 0.1) is 5.92 Å². The molecule has 0 aromatic rings. The molecule has 1 aliphatic rings. The van der Waals surface area contributed by atoms with Crippen molar-refractivity contribution in [2.75, 3.05) is 6.54 Å². The Labute approximate surface area is 94.5 Å². The van der Waals surface area contributed by atoms with Gasteiger partial charge in [0.25, 0.3) is 0 Å². The van der Waals surface area contributed by atoms with E-state index in [1.54, 1.807) is 0 Å². The van der Waals surface area contributed by atoms with Crippen molar-refractivity contribution in [2.24, 2.45) is 5.92 Å². The average molecular weight is 213 g/mol. The molecule has 2 heteroatoms. The average Bonchev–Trinajstić information content (AvgIpc) is 2.18. The van der Waals surface area contributed by atoms with Gasteiger partial charge in [-0.1, -0.05) is 32.1 Å². The van der Waals surface area contributed by atoms with E-state index in [1.165, 1.54) is 38.5 Å². The molecule has 0 amide bonds. The van der Waals surface area contributed by atoms with Gasteiger partial charge in [0.05, 0.1) is 6.10 Å². The molecule has 1 rings (SSSR count). The molecule has 15 heavy (non-hydrogen) atoms. The van der Waals surface area contributed by atoms with Crippen molar-refractivity contribution in [1.82, 2.24) is 5.32 Å². The topological polar surface area (TPSA) is 32.3 Å². The fourth-order valence-electron chi connectivity index (χ4n) is 2.60. The molecular weight excluding hydrogens is 186 g/mol. The fraction of sp³-hybridized carbons (Fsp3) is 1.00. The Hall–Kier alpha value is -0.0800. The smallest absolute Gasteiger partial charge is 0.0526 e. The van der Waals surface area contributed by atoms with Crippen LogP contribution in [0.4, 0.5) is 0 Å². The second-order valence-electron chi connectivity index (χ2n) is 5.23. The maximum atomic E-state index is 9.23. The molecule has 0 aromatic heterocycles. The van der Waals surface area contributed by atoms with Crippen molar-refractivity contribution < 1.29 is 5.11 Å². The molecule has 2 atom stereocenters. The van der Waals surface area contributed by atoms with Crippen LogP contribution >= 0.6 is 0 Å². The number of hydrogen-bond acceptors (Lipinski definition) is 2. The van der Waals surface area contributed by atoms with Crippen LogP contribution in [-0.2, 0) is 0 Å². The maximum absolute atomic E-state index is 9.23. The van der Waals surface area contributed by atoms with E-state index in [0.29, 0.717) is 6.04 Å². The van der Waals surface area contributed by atoms with E-state index in [4.69, 9.17) is 0 Å². The lowest BCUT2D eigenvalue weighted by molar-refractivity contribution is 0.170. The summed E-state index contributed by atoms with van der Waals surface area (Å²) in [5.74, 6) is 0.963. The highest BCUT2D eigenvalue weighted by Gasteiger charge is 2.13. The van der Waals surface area contributed by atoms with Gasteiger partial charge < -0.3 is 10.4 Å². The third-order valence-corrected chi connectivity index (χ3v) is 3.46. The van der Waals surface area contributed by atoms with Gasteiger partial charge in [0.1, 0.15) is 0 Å². The zero-order chi connectivity index (χ0) is 11.1. The lowest BCUT2D eigenvalue weighted by Gasteiger charge is -2.23. The van der Waals surface area contributed by atoms with Crippen LogP contribution in [0.1, 0.15) is 58.8 Å². The molecule has 0 radical (unpaired) electrons. The molecule has 0 heterocycles. The zero-order valence-electron chi connectivity index (χ0n) is 10.3. The van der Waals surface area contributed by atoms with Gasteiger partial charge in [0.15, 0.2) is 0 Å². The summed E-state index contributed by atoms with van der Waals surface area (Å²) in [5.41, 5.74) is 0. The molecule has 2 unspecified atom stereocenters. The van der Waals surface area contributed by atoms with Crippen LogP contribution < -0.4 is 5.32 Å². The van der Waals surface area contributed by atoms with Crippen molar-refractivity contribution in [3.8, 4) is 0 Å². The molecule has 0 bridgehead atoms. The summed E-state index contributed by atoms with van der Waals surface area (Å²) < 4.78 is 0. The Balaban J connectivity index is 1.99. The van der Waals surface area contributed by atoms with E-state index < -0.39 is 0 Å². The van der Waals surface area contributed by atoms with Gasteiger partial charge in [-0.05, 0) is 39.2 Å². The predicted molar refractivity (Wildman–Crippen MR) is 65.0 cm³/mol. The fourth-order valence-corrected chi connectivity index (χ4v) is 2.60. The standard InChI is InChI=1S/C13H27NO/c1-11(10-12(2)15)14-9-8-13-6-4-3-5-7-13/h11-15H,3-10H2,1-2H3. The van der Waals surface area contributed by atoms with Crippen molar-refractivity contribution >= 4 is 0 Å². The van der Waals surface area contributed by atoms with Gasteiger partial charge in [-0.25, -0.2) is 0 Å². The van der Waals surface area contributed by atoms with E-state index in [1.807, 2.05) is 6.92 Å². The highest BCUT2D eigenvalue weighted by atomic mass is 16.3. The molecule has 1 saturated carbocycles. The van der Waals surface area contributed by atoms with Crippen LogP contribution in [-0.4, -0.2) is 23.8 Å². The van der Waals surface area contributed by atoms with Gasteiger partial charge in [-0.15, -0.1) is 0 Å². The second-order valence-corrected chi connectivity index (χ2v) is 5.23. The highest BCUT2D eigenvalue weighted by molar-refractivity contribution is 4.69. The monoisotopic (exact) mass is 213 g/mol. The van der Waals surface area contributed by atoms with E-state index in [9.17, 15) is 5.11 Å². The van der Waals surface area contributed by atoms with Gasteiger partial charge in [0, 0.05) is 6.04 Å². The van der Waals surface area contributed by atoms with Crippen LogP contribution in [0.3, 0.4) is 0 Å². The minimum absolute atomic E-state index is 0.179. The minimum Gasteiger partial charge on any atom is -0.393 e. The summed E-state index contributed by atoms with van der Waals surface area (Å²) in [6, 6.07) is 0.452. The van der Waals surface area contributed by atoms with Gasteiger partial charge in [0.2, 0.25) is 0 Å². The lowest BCUT2D eigenvalue weighted by atomic mass is 9.87. The van der Waals surface area contributed by atoms with Crippen LogP contribution in [0.2, 0.25) is 0 Å². The first-order valence-corrected chi connectivity index (χ1v) is 6.60. The third kappa shape index (κ3) is 6.16. The molecule has 1 fully saturated rings. The normalized spacial score (nSPS) is 22.6. The van der Waals surface area contributed by atoms with E-state index in [0.717, 1.165) is 18.9 Å². The molecule has 0 saturated heterocycles. The minimum atomic E-state index is -0.179. The van der Waals surface area contributed by atoms with E-state index >= 15 is 0 Å². The Morgan fingerprint density at radius 3 is 2.47 bits per heavy atom. The first kappa shape index (κ1) is 13.0.